The molecular formula is C16H13N3O2S3. The van der Waals surface area contributed by atoms with Crippen LogP contribution in [0.5, 0.6) is 0 Å². The van der Waals surface area contributed by atoms with Gasteiger partial charge in [0.2, 0.25) is 0 Å². The Labute approximate surface area is 152 Å². The minimum absolute atomic E-state index is 0.0632. The topological polar surface area (TPSA) is 62.3 Å². The van der Waals surface area contributed by atoms with E-state index in [0.29, 0.717) is 0 Å². The van der Waals surface area contributed by atoms with Crippen LogP contribution in [0.3, 0.4) is 0 Å². The summed E-state index contributed by atoms with van der Waals surface area (Å²) in [5.41, 5.74) is 0.967. The monoisotopic (exact) mass is 375 g/mol. The molecule has 0 aromatic carbocycles. The summed E-state index contributed by atoms with van der Waals surface area (Å²) in [6.07, 6.45) is 3.15. The van der Waals surface area contributed by atoms with Gasteiger partial charge in [-0.3, -0.25) is 19.8 Å². The van der Waals surface area contributed by atoms with Crippen molar-refractivity contribution in [2.75, 3.05) is 6.54 Å². The number of carbonyl (C=O) groups is 2. The van der Waals surface area contributed by atoms with E-state index in [0.717, 1.165) is 20.5 Å². The van der Waals surface area contributed by atoms with Gasteiger partial charge < -0.3 is 0 Å². The van der Waals surface area contributed by atoms with Crippen molar-refractivity contribution >= 4 is 57.9 Å². The molecule has 0 bridgehead atoms. The number of nitrogens with one attached hydrogen (secondary N) is 1. The van der Waals surface area contributed by atoms with Crippen LogP contribution in [0.4, 0.5) is 0 Å². The molecule has 1 aliphatic rings. The third kappa shape index (κ3) is 3.21. The third-order valence-corrected chi connectivity index (χ3v) is 5.43. The molecule has 1 N–H and O–H groups in total. The van der Waals surface area contributed by atoms with Crippen molar-refractivity contribution < 1.29 is 9.59 Å². The SMILES string of the molecule is C=CCN1C(=O)/C(=C/c2ccc(-c3csc(C)n3)s2)C(=O)NC1=S. The lowest BCUT2D eigenvalue weighted by Gasteiger charge is -2.27. The zero-order valence-electron chi connectivity index (χ0n) is 12.7. The van der Waals surface area contributed by atoms with Gasteiger partial charge in [0.05, 0.1) is 15.6 Å². The van der Waals surface area contributed by atoms with Crippen LogP contribution in [0.25, 0.3) is 16.6 Å². The molecule has 2 amide bonds. The van der Waals surface area contributed by atoms with Crippen LogP contribution in [0.15, 0.2) is 35.7 Å². The highest BCUT2D eigenvalue weighted by atomic mass is 32.1. The Balaban J connectivity index is 1.91. The van der Waals surface area contributed by atoms with Crippen LogP contribution >= 0.6 is 34.9 Å². The van der Waals surface area contributed by atoms with Crippen LogP contribution in [0.2, 0.25) is 0 Å². The summed E-state index contributed by atoms with van der Waals surface area (Å²) in [5, 5.41) is 5.62. The van der Waals surface area contributed by atoms with Crippen molar-refractivity contribution in [2.45, 2.75) is 6.92 Å². The number of thiophene rings is 1. The molecule has 2 aromatic rings. The summed E-state index contributed by atoms with van der Waals surface area (Å²) in [6.45, 7) is 5.81. The van der Waals surface area contributed by atoms with Gasteiger partial charge >= 0.3 is 0 Å². The van der Waals surface area contributed by atoms with E-state index >= 15 is 0 Å². The molecule has 5 nitrogen and oxygen atoms in total. The maximum atomic E-state index is 12.5. The Hall–Kier alpha value is -2.16. The molecule has 0 unspecified atom stereocenters. The number of thiazole rings is 1. The molecule has 1 fully saturated rings. The minimum atomic E-state index is -0.482. The lowest BCUT2D eigenvalue weighted by molar-refractivity contribution is -0.128. The Morgan fingerprint density at radius 3 is 2.88 bits per heavy atom. The molecule has 8 heteroatoms. The molecule has 122 valence electrons. The molecule has 1 saturated heterocycles. The number of nitrogens with zero attached hydrogens (tertiary/aromatic N) is 2. The van der Waals surface area contributed by atoms with Crippen LogP contribution in [0.1, 0.15) is 9.88 Å². The molecule has 0 aliphatic carbocycles. The number of rotatable bonds is 4. The average Bonchev–Trinajstić information content (AvgIpc) is 3.16. The zero-order chi connectivity index (χ0) is 17.3. The largest absolute Gasteiger partial charge is 0.298 e. The minimum Gasteiger partial charge on any atom is -0.298 e. The first kappa shape index (κ1) is 16.7. The number of aryl methyl sites for hydroxylation is 1. The first-order chi connectivity index (χ1) is 11.5. The van der Waals surface area contributed by atoms with E-state index in [2.05, 4.69) is 16.9 Å². The fraction of sp³-hybridized carbons (Fsp3) is 0.125. The summed E-state index contributed by atoms with van der Waals surface area (Å²) in [4.78, 5) is 32.1. The second-order valence-electron chi connectivity index (χ2n) is 4.98. The van der Waals surface area contributed by atoms with Crippen molar-refractivity contribution in [2.24, 2.45) is 0 Å². The van der Waals surface area contributed by atoms with Gasteiger partial charge in [0, 0.05) is 16.8 Å². The molecule has 3 heterocycles. The summed E-state index contributed by atoms with van der Waals surface area (Å²) in [6, 6.07) is 3.80. The van der Waals surface area contributed by atoms with Crippen LogP contribution < -0.4 is 5.32 Å². The second-order valence-corrected chi connectivity index (χ2v) is 7.54. The first-order valence-electron chi connectivity index (χ1n) is 7.01. The van der Waals surface area contributed by atoms with Crippen molar-refractivity contribution in [3.05, 3.63) is 45.6 Å². The summed E-state index contributed by atoms with van der Waals surface area (Å²) in [5.74, 6) is -0.895. The normalized spacial score (nSPS) is 16.6. The number of carbonyl (C=O) groups excluding carboxylic acids is 2. The van der Waals surface area contributed by atoms with Gasteiger partial charge in [-0.15, -0.1) is 29.3 Å². The fourth-order valence-electron chi connectivity index (χ4n) is 2.18. The molecular weight excluding hydrogens is 362 g/mol. The van der Waals surface area contributed by atoms with Gasteiger partial charge in [-0.05, 0) is 37.4 Å². The Morgan fingerprint density at radius 1 is 1.42 bits per heavy atom. The quantitative estimate of drug-likeness (QED) is 0.386. The third-order valence-electron chi connectivity index (χ3n) is 3.28. The van der Waals surface area contributed by atoms with E-state index in [1.54, 1.807) is 23.5 Å². The Bertz CT molecular complexity index is 879. The highest BCUT2D eigenvalue weighted by Crippen LogP contribution is 2.30. The van der Waals surface area contributed by atoms with Gasteiger partial charge in [-0.1, -0.05) is 6.08 Å². The maximum absolute atomic E-state index is 12.5. The van der Waals surface area contributed by atoms with Crippen molar-refractivity contribution in [1.29, 1.82) is 0 Å². The van der Waals surface area contributed by atoms with E-state index < -0.39 is 11.8 Å². The predicted octanol–water partition coefficient (Wildman–Crippen LogP) is 2.99. The molecule has 0 radical (unpaired) electrons. The van der Waals surface area contributed by atoms with Crippen LogP contribution in [0, 0.1) is 6.92 Å². The van der Waals surface area contributed by atoms with Gasteiger partial charge in [0.15, 0.2) is 5.11 Å². The Morgan fingerprint density at radius 2 is 2.21 bits per heavy atom. The predicted molar refractivity (Wildman–Crippen MR) is 101 cm³/mol. The lowest BCUT2D eigenvalue weighted by Crippen LogP contribution is -2.53. The van der Waals surface area contributed by atoms with Crippen LogP contribution in [-0.2, 0) is 9.59 Å². The second kappa shape index (κ2) is 6.76. The maximum Gasteiger partial charge on any atom is 0.265 e. The smallest absolute Gasteiger partial charge is 0.265 e. The first-order valence-corrected chi connectivity index (χ1v) is 9.12. The van der Waals surface area contributed by atoms with E-state index in [1.807, 2.05) is 24.4 Å². The molecule has 24 heavy (non-hydrogen) atoms. The number of hydrogen-bond acceptors (Lipinski definition) is 6. The van der Waals surface area contributed by atoms with Gasteiger partial charge in [0.1, 0.15) is 5.57 Å². The number of amides is 2. The van der Waals surface area contributed by atoms with Gasteiger partial charge in [0.25, 0.3) is 11.8 Å². The van der Waals surface area contributed by atoms with Crippen LogP contribution in [-0.4, -0.2) is 33.4 Å². The molecule has 0 spiro atoms. The lowest BCUT2D eigenvalue weighted by atomic mass is 10.1. The fourth-order valence-corrected chi connectivity index (χ4v) is 4.03. The van der Waals surface area contributed by atoms with Gasteiger partial charge in [-0.2, -0.15) is 0 Å². The molecule has 2 aromatic heterocycles. The van der Waals surface area contributed by atoms with Crippen molar-refractivity contribution in [3.63, 3.8) is 0 Å². The molecule has 0 atom stereocenters. The van der Waals surface area contributed by atoms with Crippen molar-refractivity contribution in [1.82, 2.24) is 15.2 Å². The van der Waals surface area contributed by atoms with Gasteiger partial charge in [-0.25, -0.2) is 4.98 Å². The standard InChI is InChI=1S/C16H13N3O2S3/c1-3-6-19-15(21)11(14(20)18-16(19)22)7-10-4-5-13(24-10)12-8-23-9(2)17-12/h3-5,7-8H,1,6H2,2H3,(H,18,20,22)/b11-7+. The van der Waals surface area contributed by atoms with Crippen molar-refractivity contribution in [3.8, 4) is 10.6 Å². The highest BCUT2D eigenvalue weighted by Gasteiger charge is 2.32. The highest BCUT2D eigenvalue weighted by molar-refractivity contribution is 7.80. The average molecular weight is 376 g/mol. The zero-order valence-corrected chi connectivity index (χ0v) is 15.2. The number of hydrogen-bond donors (Lipinski definition) is 1. The van der Waals surface area contributed by atoms with E-state index in [-0.39, 0.29) is 17.2 Å². The summed E-state index contributed by atoms with van der Waals surface area (Å²) in [7, 11) is 0. The summed E-state index contributed by atoms with van der Waals surface area (Å²) >= 11 is 8.09. The molecule has 1 aliphatic heterocycles. The summed E-state index contributed by atoms with van der Waals surface area (Å²) < 4.78 is 0. The van der Waals surface area contributed by atoms with E-state index in [9.17, 15) is 9.59 Å². The van der Waals surface area contributed by atoms with E-state index in [1.165, 1.54) is 16.2 Å². The number of thiocarbonyl (C=S) groups is 1. The van der Waals surface area contributed by atoms with E-state index in [4.69, 9.17) is 12.2 Å². The molecule has 0 saturated carbocycles. The molecule has 3 rings (SSSR count). The Kier molecular flexibility index (Phi) is 4.70. The number of aromatic nitrogens is 1.